The summed E-state index contributed by atoms with van der Waals surface area (Å²) >= 11 is 1.03. The van der Waals surface area contributed by atoms with Crippen molar-refractivity contribution < 1.29 is 17.9 Å². The summed E-state index contributed by atoms with van der Waals surface area (Å²) in [6.07, 6.45) is -1.82. The second-order valence-electron chi connectivity index (χ2n) is 5.96. The molecule has 2 heterocycles. The number of guanidine groups is 1. The molecule has 0 radical (unpaired) electrons. The Morgan fingerprint density at radius 2 is 2.00 bits per heavy atom. The van der Waals surface area contributed by atoms with Crippen LogP contribution in [0.4, 0.5) is 13.2 Å². The van der Waals surface area contributed by atoms with Crippen molar-refractivity contribution in [3.8, 4) is 0 Å². The van der Waals surface area contributed by atoms with E-state index in [2.05, 4.69) is 25.5 Å². The highest BCUT2D eigenvalue weighted by Gasteiger charge is 2.33. The van der Waals surface area contributed by atoms with Gasteiger partial charge in [-0.05, 0) is 19.4 Å². The van der Waals surface area contributed by atoms with Crippen molar-refractivity contribution in [3.05, 3.63) is 16.1 Å². The molecule has 0 aromatic carbocycles. The Bertz CT molecular complexity index is 558. The molecule has 2 rings (SSSR count). The molecule has 26 heavy (non-hydrogen) atoms. The lowest BCUT2D eigenvalue weighted by atomic mass is 10.3. The largest absolute Gasteiger partial charge is 0.434 e. The van der Waals surface area contributed by atoms with Gasteiger partial charge in [-0.1, -0.05) is 0 Å². The number of thiazole rings is 1. The lowest BCUT2D eigenvalue weighted by Gasteiger charge is -2.26. The second kappa shape index (κ2) is 10.7. The molecule has 0 bridgehead atoms. The highest BCUT2D eigenvalue weighted by molar-refractivity contribution is 7.09. The molecule has 0 aliphatic carbocycles. The van der Waals surface area contributed by atoms with Crippen molar-refractivity contribution in [2.24, 2.45) is 4.99 Å². The van der Waals surface area contributed by atoms with E-state index < -0.39 is 11.9 Å². The number of nitrogens with zero attached hydrogens (tertiary/aromatic N) is 3. The molecule has 6 nitrogen and oxygen atoms in total. The second-order valence-corrected chi connectivity index (χ2v) is 6.90. The molecule has 1 saturated heterocycles. The van der Waals surface area contributed by atoms with Gasteiger partial charge >= 0.3 is 6.18 Å². The first-order valence-corrected chi connectivity index (χ1v) is 9.63. The zero-order chi connectivity index (χ0) is 18.8. The number of alkyl halides is 3. The van der Waals surface area contributed by atoms with E-state index in [1.807, 2.05) is 0 Å². The Balaban J connectivity index is 1.56. The van der Waals surface area contributed by atoms with Gasteiger partial charge in [0.1, 0.15) is 0 Å². The van der Waals surface area contributed by atoms with E-state index in [1.165, 1.54) is 0 Å². The summed E-state index contributed by atoms with van der Waals surface area (Å²) in [5, 5.41) is 7.84. The third-order valence-corrected chi connectivity index (χ3v) is 4.90. The van der Waals surface area contributed by atoms with Crippen LogP contribution in [-0.4, -0.2) is 68.8 Å². The Labute approximate surface area is 155 Å². The summed E-state index contributed by atoms with van der Waals surface area (Å²) < 4.78 is 42.9. The molecule has 1 fully saturated rings. The minimum atomic E-state index is -4.37. The summed E-state index contributed by atoms with van der Waals surface area (Å²) in [4.78, 5) is 10.1. The van der Waals surface area contributed by atoms with Crippen LogP contribution in [-0.2, 0) is 17.3 Å². The predicted molar refractivity (Wildman–Crippen MR) is 96.7 cm³/mol. The molecular weight excluding hydrogens is 367 g/mol. The molecule has 0 spiro atoms. The number of halogens is 3. The fourth-order valence-corrected chi connectivity index (χ4v) is 3.36. The maximum absolute atomic E-state index is 12.5. The minimum Gasteiger partial charge on any atom is -0.379 e. The van der Waals surface area contributed by atoms with Crippen LogP contribution in [0.5, 0.6) is 0 Å². The van der Waals surface area contributed by atoms with Gasteiger partial charge in [0.05, 0.1) is 18.2 Å². The van der Waals surface area contributed by atoms with Gasteiger partial charge in [0.15, 0.2) is 11.7 Å². The first-order valence-electron chi connectivity index (χ1n) is 8.75. The summed E-state index contributed by atoms with van der Waals surface area (Å²) in [6.45, 7) is 6.00. The first kappa shape index (κ1) is 20.9. The van der Waals surface area contributed by atoms with Gasteiger partial charge in [0.25, 0.3) is 0 Å². The van der Waals surface area contributed by atoms with Crippen LogP contribution in [0.2, 0.25) is 0 Å². The lowest BCUT2D eigenvalue weighted by Crippen LogP contribution is -2.39. The lowest BCUT2D eigenvalue weighted by molar-refractivity contribution is -0.140. The van der Waals surface area contributed by atoms with Crippen LogP contribution in [0, 0.1) is 0 Å². The number of nitrogens with one attached hydrogen (secondary N) is 2. The zero-order valence-electron chi connectivity index (χ0n) is 14.9. The molecule has 0 amide bonds. The summed E-state index contributed by atoms with van der Waals surface area (Å²) in [7, 11) is 1.67. The topological polar surface area (TPSA) is 61.8 Å². The quantitative estimate of drug-likeness (QED) is 0.402. The Morgan fingerprint density at radius 3 is 2.65 bits per heavy atom. The van der Waals surface area contributed by atoms with E-state index in [4.69, 9.17) is 4.74 Å². The maximum Gasteiger partial charge on any atom is 0.434 e. The fraction of sp³-hybridized carbons (Fsp3) is 0.750. The van der Waals surface area contributed by atoms with E-state index in [-0.39, 0.29) is 0 Å². The van der Waals surface area contributed by atoms with Gasteiger partial charge in [-0.25, -0.2) is 4.98 Å². The number of aromatic nitrogens is 1. The Kier molecular flexibility index (Phi) is 8.60. The zero-order valence-corrected chi connectivity index (χ0v) is 15.8. The maximum atomic E-state index is 12.5. The van der Waals surface area contributed by atoms with Gasteiger partial charge in [0.2, 0.25) is 0 Å². The van der Waals surface area contributed by atoms with E-state index in [1.54, 1.807) is 7.05 Å². The molecule has 1 aromatic heterocycles. The number of ether oxygens (including phenoxy) is 1. The highest BCUT2D eigenvalue weighted by atomic mass is 32.1. The molecule has 1 aromatic rings. The molecule has 148 valence electrons. The van der Waals surface area contributed by atoms with Gasteiger partial charge in [-0.2, -0.15) is 13.2 Å². The van der Waals surface area contributed by atoms with Crippen molar-refractivity contribution in [1.29, 1.82) is 0 Å². The van der Waals surface area contributed by atoms with Crippen molar-refractivity contribution in [3.63, 3.8) is 0 Å². The first-order chi connectivity index (χ1) is 12.5. The molecule has 0 unspecified atom stereocenters. The molecule has 1 aliphatic rings. The number of hydrogen-bond donors (Lipinski definition) is 2. The molecule has 2 N–H and O–H groups in total. The van der Waals surface area contributed by atoms with Crippen LogP contribution >= 0.6 is 11.3 Å². The molecule has 0 atom stereocenters. The number of rotatable bonds is 8. The minimum absolute atomic E-state index is 0.429. The van der Waals surface area contributed by atoms with Crippen LogP contribution in [0.3, 0.4) is 0 Å². The van der Waals surface area contributed by atoms with Crippen molar-refractivity contribution in [2.45, 2.75) is 25.4 Å². The molecule has 10 heteroatoms. The molecule has 0 saturated carbocycles. The molecule has 1 aliphatic heterocycles. The van der Waals surface area contributed by atoms with E-state index in [9.17, 15) is 13.2 Å². The van der Waals surface area contributed by atoms with Gasteiger partial charge in [-0.15, -0.1) is 11.3 Å². The fourth-order valence-electron chi connectivity index (χ4n) is 2.56. The standard InChI is InChI=1S/C16H26F3N5OS/c1-20-15(21-5-2-3-7-24-8-10-25-11-9-24)22-6-4-14-23-13(12-26-14)16(17,18)19/h12H,2-11H2,1H3,(H2,20,21,22). The van der Waals surface area contributed by atoms with Gasteiger partial charge < -0.3 is 15.4 Å². The summed E-state index contributed by atoms with van der Waals surface area (Å²) in [5.74, 6) is 0.656. The number of aliphatic imine (C=N–C) groups is 1. The third-order valence-electron chi connectivity index (χ3n) is 3.99. The average molecular weight is 393 g/mol. The number of unbranched alkanes of at least 4 members (excludes halogenated alkanes) is 1. The Hall–Kier alpha value is -1.39. The van der Waals surface area contributed by atoms with E-state index in [0.29, 0.717) is 23.9 Å². The summed E-state index contributed by atoms with van der Waals surface area (Å²) in [5.41, 5.74) is -0.819. The van der Waals surface area contributed by atoms with E-state index in [0.717, 1.165) is 69.0 Å². The van der Waals surface area contributed by atoms with Gasteiger partial charge in [0, 0.05) is 45.0 Å². The monoisotopic (exact) mass is 393 g/mol. The van der Waals surface area contributed by atoms with Crippen molar-refractivity contribution in [2.75, 3.05) is 53.0 Å². The SMILES string of the molecule is CN=C(NCCCCN1CCOCC1)NCCc1nc(C(F)(F)F)cs1. The van der Waals surface area contributed by atoms with Crippen LogP contribution in [0.1, 0.15) is 23.5 Å². The molecular formula is C16H26F3N5OS. The van der Waals surface area contributed by atoms with Crippen LogP contribution in [0.15, 0.2) is 10.4 Å². The van der Waals surface area contributed by atoms with Crippen molar-refractivity contribution >= 4 is 17.3 Å². The van der Waals surface area contributed by atoms with Gasteiger partial charge in [-0.3, -0.25) is 9.89 Å². The summed E-state index contributed by atoms with van der Waals surface area (Å²) in [6, 6.07) is 0. The smallest absolute Gasteiger partial charge is 0.379 e. The van der Waals surface area contributed by atoms with E-state index >= 15 is 0 Å². The highest BCUT2D eigenvalue weighted by Crippen LogP contribution is 2.29. The van der Waals surface area contributed by atoms with Crippen LogP contribution < -0.4 is 10.6 Å². The number of morpholine rings is 1. The third kappa shape index (κ3) is 7.46. The Morgan fingerprint density at radius 1 is 1.27 bits per heavy atom. The average Bonchev–Trinajstić information content (AvgIpc) is 3.10. The predicted octanol–water partition coefficient (Wildman–Crippen LogP) is 1.98. The van der Waals surface area contributed by atoms with Crippen molar-refractivity contribution in [1.82, 2.24) is 20.5 Å². The van der Waals surface area contributed by atoms with Crippen LogP contribution in [0.25, 0.3) is 0 Å². The normalized spacial score (nSPS) is 16.7. The number of hydrogen-bond acceptors (Lipinski definition) is 5.